The van der Waals surface area contributed by atoms with E-state index >= 15 is 0 Å². The number of fused-ring (bicyclic) bond motifs is 1. The SMILES string of the molecule is CC(CCc1cn2ccccc2n1)C(=O)O. The van der Waals surface area contributed by atoms with Gasteiger partial charge in [-0.3, -0.25) is 4.79 Å². The molecule has 0 amide bonds. The van der Waals surface area contributed by atoms with Crippen molar-refractivity contribution in [2.75, 3.05) is 0 Å². The van der Waals surface area contributed by atoms with Crippen molar-refractivity contribution in [2.24, 2.45) is 5.92 Å². The first-order valence-corrected chi connectivity index (χ1v) is 5.32. The van der Waals surface area contributed by atoms with Gasteiger partial charge < -0.3 is 9.51 Å². The van der Waals surface area contributed by atoms with E-state index in [1.807, 2.05) is 35.0 Å². The first-order valence-electron chi connectivity index (χ1n) is 5.32. The molecule has 84 valence electrons. The molecule has 0 aliphatic heterocycles. The van der Waals surface area contributed by atoms with E-state index in [0.29, 0.717) is 12.8 Å². The normalized spacial score (nSPS) is 12.8. The highest BCUT2D eigenvalue weighted by atomic mass is 16.4. The predicted octanol–water partition coefficient (Wildman–Crippen LogP) is 1.99. The number of rotatable bonds is 4. The second kappa shape index (κ2) is 4.35. The molecule has 2 heterocycles. The minimum absolute atomic E-state index is 0.315. The minimum atomic E-state index is -0.747. The highest BCUT2D eigenvalue weighted by molar-refractivity contribution is 5.69. The van der Waals surface area contributed by atoms with Gasteiger partial charge in [0.2, 0.25) is 0 Å². The van der Waals surface area contributed by atoms with Crippen molar-refractivity contribution in [3.05, 3.63) is 36.3 Å². The number of aryl methyl sites for hydroxylation is 1. The Morgan fingerprint density at radius 2 is 2.38 bits per heavy atom. The van der Waals surface area contributed by atoms with E-state index in [0.717, 1.165) is 11.3 Å². The van der Waals surface area contributed by atoms with E-state index in [-0.39, 0.29) is 5.92 Å². The molecule has 0 bridgehead atoms. The standard InChI is InChI=1S/C12H14N2O2/c1-9(12(15)16)5-6-10-8-14-7-3-2-4-11(14)13-10/h2-4,7-9H,5-6H2,1H3,(H,15,16). The number of pyridine rings is 1. The maximum Gasteiger partial charge on any atom is 0.306 e. The molecule has 0 aromatic carbocycles. The lowest BCUT2D eigenvalue weighted by Gasteiger charge is -2.02. The Balaban J connectivity index is 2.07. The molecule has 1 unspecified atom stereocenters. The summed E-state index contributed by atoms with van der Waals surface area (Å²) in [5.74, 6) is -1.06. The third-order valence-corrected chi connectivity index (χ3v) is 2.67. The van der Waals surface area contributed by atoms with Crippen molar-refractivity contribution in [1.29, 1.82) is 0 Å². The van der Waals surface area contributed by atoms with Crippen molar-refractivity contribution in [1.82, 2.24) is 9.38 Å². The van der Waals surface area contributed by atoms with Crippen molar-refractivity contribution in [3.63, 3.8) is 0 Å². The first kappa shape index (κ1) is 10.7. The fraction of sp³-hybridized carbons (Fsp3) is 0.333. The third kappa shape index (κ3) is 2.21. The van der Waals surface area contributed by atoms with E-state index in [9.17, 15) is 4.79 Å². The second-order valence-electron chi connectivity index (χ2n) is 3.98. The molecule has 4 nitrogen and oxygen atoms in total. The quantitative estimate of drug-likeness (QED) is 0.853. The maximum atomic E-state index is 10.7. The highest BCUT2D eigenvalue weighted by Gasteiger charge is 2.11. The Morgan fingerprint density at radius 3 is 3.06 bits per heavy atom. The Kier molecular flexibility index (Phi) is 2.90. The predicted molar refractivity (Wildman–Crippen MR) is 60.3 cm³/mol. The highest BCUT2D eigenvalue weighted by Crippen LogP contribution is 2.10. The van der Waals surface area contributed by atoms with Crippen molar-refractivity contribution in [2.45, 2.75) is 19.8 Å². The molecule has 0 aliphatic rings. The molecule has 0 radical (unpaired) electrons. The van der Waals surface area contributed by atoms with Crippen LogP contribution in [-0.2, 0) is 11.2 Å². The molecule has 2 aromatic rings. The molecule has 0 saturated heterocycles. The number of aliphatic carboxylic acids is 1. The lowest BCUT2D eigenvalue weighted by Crippen LogP contribution is -2.10. The van der Waals surface area contributed by atoms with Crippen LogP contribution in [0.25, 0.3) is 5.65 Å². The molecule has 0 saturated carbocycles. The zero-order valence-corrected chi connectivity index (χ0v) is 9.13. The van der Waals surface area contributed by atoms with Gasteiger partial charge in [0.15, 0.2) is 0 Å². The molecule has 2 rings (SSSR count). The van der Waals surface area contributed by atoms with Gasteiger partial charge in [0.05, 0.1) is 11.6 Å². The summed E-state index contributed by atoms with van der Waals surface area (Å²) >= 11 is 0. The van der Waals surface area contributed by atoms with Gasteiger partial charge in [0.25, 0.3) is 0 Å². The Bertz CT molecular complexity index is 471. The van der Waals surface area contributed by atoms with Gasteiger partial charge in [-0.15, -0.1) is 0 Å². The van der Waals surface area contributed by atoms with E-state index in [1.165, 1.54) is 0 Å². The van der Waals surface area contributed by atoms with E-state index in [4.69, 9.17) is 5.11 Å². The molecule has 16 heavy (non-hydrogen) atoms. The number of carboxylic acids is 1. The summed E-state index contributed by atoms with van der Waals surface area (Å²) in [4.78, 5) is 15.1. The number of nitrogens with zero attached hydrogens (tertiary/aromatic N) is 2. The second-order valence-corrected chi connectivity index (χ2v) is 3.98. The van der Waals surface area contributed by atoms with Crippen LogP contribution in [0.4, 0.5) is 0 Å². The van der Waals surface area contributed by atoms with E-state index in [1.54, 1.807) is 6.92 Å². The third-order valence-electron chi connectivity index (χ3n) is 2.67. The number of imidazole rings is 1. The lowest BCUT2D eigenvalue weighted by molar-refractivity contribution is -0.141. The lowest BCUT2D eigenvalue weighted by atomic mass is 10.1. The number of carboxylic acid groups (broad SMARTS) is 1. The summed E-state index contributed by atoms with van der Waals surface area (Å²) in [5.41, 5.74) is 1.85. The van der Waals surface area contributed by atoms with Crippen LogP contribution in [0.15, 0.2) is 30.6 Å². The number of aromatic nitrogens is 2. The van der Waals surface area contributed by atoms with Gasteiger partial charge in [-0.05, 0) is 25.0 Å². The maximum absolute atomic E-state index is 10.7. The van der Waals surface area contributed by atoms with Crippen LogP contribution < -0.4 is 0 Å². The van der Waals surface area contributed by atoms with Crippen LogP contribution in [0.2, 0.25) is 0 Å². The topological polar surface area (TPSA) is 54.6 Å². The summed E-state index contributed by atoms with van der Waals surface area (Å²) < 4.78 is 1.95. The monoisotopic (exact) mass is 218 g/mol. The molecule has 1 N–H and O–H groups in total. The van der Waals surface area contributed by atoms with Crippen LogP contribution in [0.3, 0.4) is 0 Å². The number of hydrogen-bond donors (Lipinski definition) is 1. The smallest absolute Gasteiger partial charge is 0.306 e. The van der Waals surface area contributed by atoms with Crippen LogP contribution >= 0.6 is 0 Å². The average molecular weight is 218 g/mol. The molecule has 0 fully saturated rings. The van der Waals surface area contributed by atoms with Gasteiger partial charge in [-0.1, -0.05) is 13.0 Å². The van der Waals surface area contributed by atoms with Crippen LogP contribution in [0.1, 0.15) is 19.0 Å². The van der Waals surface area contributed by atoms with Crippen molar-refractivity contribution in [3.8, 4) is 0 Å². The fourth-order valence-electron chi connectivity index (χ4n) is 1.60. The molecule has 2 aromatic heterocycles. The largest absolute Gasteiger partial charge is 0.481 e. The molecule has 4 heteroatoms. The molecule has 1 atom stereocenters. The van der Waals surface area contributed by atoms with Gasteiger partial charge >= 0.3 is 5.97 Å². The molecule has 0 aliphatic carbocycles. The van der Waals surface area contributed by atoms with Crippen LogP contribution in [0.5, 0.6) is 0 Å². The fourth-order valence-corrected chi connectivity index (χ4v) is 1.60. The first-order chi connectivity index (χ1) is 7.66. The summed E-state index contributed by atoms with van der Waals surface area (Å²) in [7, 11) is 0. The van der Waals surface area contributed by atoms with Crippen LogP contribution in [0, 0.1) is 5.92 Å². The minimum Gasteiger partial charge on any atom is -0.481 e. The van der Waals surface area contributed by atoms with Gasteiger partial charge in [0.1, 0.15) is 5.65 Å². The summed E-state index contributed by atoms with van der Waals surface area (Å²) in [6, 6.07) is 5.81. The Morgan fingerprint density at radius 1 is 1.56 bits per heavy atom. The van der Waals surface area contributed by atoms with Gasteiger partial charge in [-0.2, -0.15) is 0 Å². The molecular formula is C12H14N2O2. The Labute approximate surface area is 93.5 Å². The van der Waals surface area contributed by atoms with E-state index < -0.39 is 5.97 Å². The zero-order chi connectivity index (χ0) is 11.5. The number of hydrogen-bond acceptors (Lipinski definition) is 2. The van der Waals surface area contributed by atoms with Crippen molar-refractivity contribution >= 4 is 11.6 Å². The number of carbonyl (C=O) groups is 1. The van der Waals surface area contributed by atoms with Gasteiger partial charge in [0, 0.05) is 12.4 Å². The average Bonchev–Trinajstić information content (AvgIpc) is 2.68. The van der Waals surface area contributed by atoms with Crippen molar-refractivity contribution < 1.29 is 9.90 Å². The van der Waals surface area contributed by atoms with E-state index in [2.05, 4.69) is 4.98 Å². The molecular weight excluding hydrogens is 204 g/mol. The van der Waals surface area contributed by atoms with Gasteiger partial charge in [-0.25, -0.2) is 4.98 Å². The zero-order valence-electron chi connectivity index (χ0n) is 9.13. The summed E-state index contributed by atoms with van der Waals surface area (Å²) in [6.07, 6.45) is 5.21. The Hall–Kier alpha value is -1.84. The molecule has 0 spiro atoms. The summed E-state index contributed by atoms with van der Waals surface area (Å²) in [5, 5.41) is 8.77. The van der Waals surface area contributed by atoms with Crippen LogP contribution in [-0.4, -0.2) is 20.5 Å². The summed E-state index contributed by atoms with van der Waals surface area (Å²) in [6.45, 7) is 1.72.